The van der Waals surface area contributed by atoms with Crippen molar-refractivity contribution in [3.05, 3.63) is 20.9 Å². The summed E-state index contributed by atoms with van der Waals surface area (Å²) in [5.74, 6) is 0.259. The van der Waals surface area contributed by atoms with Gasteiger partial charge in [0.2, 0.25) is 5.95 Å². The molecule has 2 aromatic heterocycles. The second-order valence-corrected chi connectivity index (χ2v) is 3.78. The lowest BCUT2D eigenvalue weighted by atomic mass is 10.5. The molecule has 0 aliphatic carbocycles. The van der Waals surface area contributed by atoms with Gasteiger partial charge >= 0.3 is 0 Å². The van der Waals surface area contributed by atoms with E-state index in [4.69, 9.17) is 17.3 Å². The lowest BCUT2D eigenvalue weighted by Crippen LogP contribution is -1.93. The van der Waals surface area contributed by atoms with Crippen LogP contribution in [0.3, 0.4) is 0 Å². The van der Waals surface area contributed by atoms with Crippen LogP contribution in [-0.4, -0.2) is 14.6 Å². The maximum absolute atomic E-state index is 5.81. The van der Waals surface area contributed by atoms with Gasteiger partial charge < -0.3 is 5.73 Å². The third-order valence-electron chi connectivity index (χ3n) is 1.37. The molecule has 2 N–H and O–H groups in total. The van der Waals surface area contributed by atoms with Gasteiger partial charge in [-0.2, -0.15) is 4.98 Å². The lowest BCUT2D eigenvalue weighted by molar-refractivity contribution is 0.939. The van der Waals surface area contributed by atoms with E-state index in [1.165, 1.54) is 0 Å². The van der Waals surface area contributed by atoms with Crippen LogP contribution in [0.5, 0.6) is 0 Å². The van der Waals surface area contributed by atoms with E-state index in [0.717, 1.165) is 3.70 Å². The van der Waals surface area contributed by atoms with Crippen molar-refractivity contribution in [3.63, 3.8) is 0 Å². The molecule has 0 amide bonds. The Balaban J connectivity index is 2.88. The van der Waals surface area contributed by atoms with Crippen molar-refractivity contribution >= 4 is 45.8 Å². The van der Waals surface area contributed by atoms with Gasteiger partial charge in [0, 0.05) is 11.1 Å². The molecule has 0 fully saturated rings. The SMILES string of the molecule is Nc1nc2cc(Cl)cc(I)n2n1. The highest BCUT2D eigenvalue weighted by Gasteiger charge is 2.03. The number of pyridine rings is 1. The van der Waals surface area contributed by atoms with Crippen molar-refractivity contribution in [3.8, 4) is 0 Å². The number of hydrogen-bond acceptors (Lipinski definition) is 3. The minimum atomic E-state index is 0.259. The fourth-order valence-corrected chi connectivity index (χ4v) is 2.01. The first kappa shape index (κ1) is 8.06. The van der Waals surface area contributed by atoms with Gasteiger partial charge in [-0.05, 0) is 28.7 Å². The normalized spacial score (nSPS) is 10.8. The predicted molar refractivity (Wildman–Crippen MR) is 55.1 cm³/mol. The zero-order valence-electron chi connectivity index (χ0n) is 5.83. The van der Waals surface area contributed by atoms with Gasteiger partial charge in [-0.3, -0.25) is 0 Å². The van der Waals surface area contributed by atoms with Crippen molar-refractivity contribution in [1.82, 2.24) is 14.6 Å². The third-order valence-corrected chi connectivity index (χ3v) is 2.36. The van der Waals surface area contributed by atoms with Gasteiger partial charge in [-0.25, -0.2) is 4.52 Å². The number of nitrogen functional groups attached to an aromatic ring is 1. The first-order valence-corrected chi connectivity index (χ1v) is 4.60. The molecular formula is C6H4ClIN4. The third kappa shape index (κ3) is 1.22. The summed E-state index contributed by atoms with van der Waals surface area (Å²) in [7, 11) is 0. The van der Waals surface area contributed by atoms with E-state index in [1.807, 2.05) is 0 Å². The first-order chi connectivity index (χ1) is 5.66. The van der Waals surface area contributed by atoms with Crippen molar-refractivity contribution in [2.45, 2.75) is 0 Å². The Kier molecular flexibility index (Phi) is 1.84. The Labute approximate surface area is 86.9 Å². The van der Waals surface area contributed by atoms with Crippen molar-refractivity contribution in [2.75, 3.05) is 5.73 Å². The van der Waals surface area contributed by atoms with E-state index >= 15 is 0 Å². The summed E-state index contributed by atoms with van der Waals surface area (Å²) in [5, 5.41) is 4.61. The molecule has 0 atom stereocenters. The summed E-state index contributed by atoms with van der Waals surface area (Å²) in [6.07, 6.45) is 0. The molecular weight excluding hydrogens is 290 g/mol. The molecule has 6 heteroatoms. The molecule has 0 saturated carbocycles. The fourth-order valence-electron chi connectivity index (χ4n) is 0.931. The minimum absolute atomic E-state index is 0.259. The Morgan fingerprint density at radius 3 is 3.00 bits per heavy atom. The lowest BCUT2D eigenvalue weighted by Gasteiger charge is -1.95. The number of halogens is 2. The van der Waals surface area contributed by atoms with Crippen LogP contribution in [-0.2, 0) is 0 Å². The maximum Gasteiger partial charge on any atom is 0.240 e. The van der Waals surface area contributed by atoms with Crippen LogP contribution in [0.1, 0.15) is 0 Å². The Bertz CT molecular complexity index is 438. The highest BCUT2D eigenvalue weighted by Crippen LogP contribution is 2.16. The Morgan fingerprint density at radius 2 is 2.25 bits per heavy atom. The van der Waals surface area contributed by atoms with Crippen LogP contribution in [0, 0.1) is 3.70 Å². The second kappa shape index (κ2) is 2.74. The molecule has 12 heavy (non-hydrogen) atoms. The van der Waals surface area contributed by atoms with Crippen LogP contribution >= 0.6 is 34.2 Å². The average molecular weight is 294 g/mol. The summed E-state index contributed by atoms with van der Waals surface area (Å²) in [5.41, 5.74) is 6.09. The standard InChI is InChI=1S/C6H4ClIN4/c7-3-1-4(8)12-5(2-3)10-6(9)11-12/h1-2H,(H2,9,11). The number of nitrogens with two attached hydrogens (primary N) is 1. The molecule has 4 nitrogen and oxygen atoms in total. The highest BCUT2D eigenvalue weighted by molar-refractivity contribution is 14.1. The van der Waals surface area contributed by atoms with Gasteiger partial charge in [-0.1, -0.05) is 11.6 Å². The van der Waals surface area contributed by atoms with Crippen LogP contribution in [0.2, 0.25) is 5.02 Å². The smallest absolute Gasteiger partial charge is 0.240 e. The summed E-state index contributed by atoms with van der Waals surface area (Å²) < 4.78 is 2.53. The molecule has 0 saturated heterocycles. The molecule has 0 spiro atoms. The Morgan fingerprint density at radius 1 is 1.50 bits per heavy atom. The van der Waals surface area contributed by atoms with Gasteiger partial charge in [0.05, 0.1) is 0 Å². The first-order valence-electron chi connectivity index (χ1n) is 3.14. The molecule has 2 heterocycles. The van der Waals surface area contributed by atoms with Crippen molar-refractivity contribution in [1.29, 1.82) is 0 Å². The van der Waals surface area contributed by atoms with Gasteiger partial charge in [0.25, 0.3) is 0 Å². The number of anilines is 1. The Hall–Kier alpha value is -0.560. The summed E-state index contributed by atoms with van der Waals surface area (Å²) >= 11 is 7.92. The van der Waals surface area contributed by atoms with Crippen molar-refractivity contribution < 1.29 is 0 Å². The quantitative estimate of drug-likeness (QED) is 0.593. The van der Waals surface area contributed by atoms with Gasteiger partial charge in [0.15, 0.2) is 5.65 Å². The number of rotatable bonds is 0. The molecule has 62 valence electrons. The minimum Gasteiger partial charge on any atom is -0.366 e. The molecule has 0 unspecified atom stereocenters. The van der Waals surface area contributed by atoms with Gasteiger partial charge in [0.1, 0.15) is 3.70 Å². The number of aromatic nitrogens is 3. The van der Waals surface area contributed by atoms with Crippen molar-refractivity contribution in [2.24, 2.45) is 0 Å². The summed E-state index contributed by atoms with van der Waals surface area (Å²) in [6.45, 7) is 0. The second-order valence-electron chi connectivity index (χ2n) is 2.24. The molecule has 0 aromatic carbocycles. The van der Waals surface area contributed by atoms with Crippen LogP contribution in [0.15, 0.2) is 12.1 Å². The highest BCUT2D eigenvalue weighted by atomic mass is 127. The van der Waals surface area contributed by atoms with E-state index in [9.17, 15) is 0 Å². The molecule has 2 aromatic rings. The monoisotopic (exact) mass is 294 g/mol. The largest absolute Gasteiger partial charge is 0.366 e. The number of fused-ring (bicyclic) bond motifs is 1. The van der Waals surface area contributed by atoms with Crippen LogP contribution in [0.25, 0.3) is 5.65 Å². The molecule has 0 bridgehead atoms. The van der Waals surface area contributed by atoms with Gasteiger partial charge in [-0.15, -0.1) is 5.10 Å². The molecule has 0 aliphatic rings. The zero-order chi connectivity index (χ0) is 8.72. The summed E-state index contributed by atoms with van der Waals surface area (Å²) in [6, 6.07) is 3.51. The van der Waals surface area contributed by atoms with E-state index in [1.54, 1.807) is 16.6 Å². The van der Waals surface area contributed by atoms with Crippen LogP contribution in [0.4, 0.5) is 5.95 Å². The van der Waals surface area contributed by atoms with E-state index < -0.39 is 0 Å². The van der Waals surface area contributed by atoms with Crippen LogP contribution < -0.4 is 5.73 Å². The zero-order valence-corrected chi connectivity index (χ0v) is 8.74. The van der Waals surface area contributed by atoms with E-state index in [2.05, 4.69) is 32.7 Å². The molecule has 2 rings (SSSR count). The average Bonchev–Trinajstić information content (AvgIpc) is 2.29. The number of nitrogens with zero attached hydrogens (tertiary/aromatic N) is 3. The fraction of sp³-hybridized carbons (Fsp3) is 0. The molecule has 0 radical (unpaired) electrons. The van der Waals surface area contributed by atoms with E-state index in [0.29, 0.717) is 10.7 Å². The summed E-state index contributed by atoms with van der Waals surface area (Å²) in [4.78, 5) is 3.98. The van der Waals surface area contributed by atoms with E-state index in [-0.39, 0.29) is 5.95 Å². The maximum atomic E-state index is 5.81. The number of hydrogen-bond donors (Lipinski definition) is 1. The topological polar surface area (TPSA) is 56.2 Å². The predicted octanol–water partition coefficient (Wildman–Crippen LogP) is 1.57. The molecule has 0 aliphatic heterocycles.